The van der Waals surface area contributed by atoms with Crippen molar-refractivity contribution in [1.82, 2.24) is 4.98 Å². The quantitative estimate of drug-likeness (QED) is 0.814. The van der Waals surface area contributed by atoms with Crippen molar-refractivity contribution in [3.8, 4) is 0 Å². The van der Waals surface area contributed by atoms with Gasteiger partial charge in [-0.2, -0.15) is 0 Å². The number of nitrogens with two attached hydrogens (primary N) is 1. The lowest BCUT2D eigenvalue weighted by atomic mass is 9.99. The van der Waals surface area contributed by atoms with E-state index in [1.807, 2.05) is 26.0 Å². The Morgan fingerprint density at radius 2 is 1.48 bits per heavy atom. The Labute approximate surface area is 122 Å². The summed E-state index contributed by atoms with van der Waals surface area (Å²) in [6.45, 7) is 5.44. The molecule has 0 unspecified atom stereocenters. The number of imide groups is 1. The lowest BCUT2D eigenvalue weighted by Gasteiger charge is -2.15. The van der Waals surface area contributed by atoms with Gasteiger partial charge in [0.1, 0.15) is 5.82 Å². The SMILES string of the molecule is Cc1cc(N)cnc1N1C(=O)c2c(C)ccc(C)c2C1=O. The number of aryl methyl sites for hydroxylation is 3. The number of hydrogen-bond acceptors (Lipinski definition) is 4. The first-order valence-corrected chi connectivity index (χ1v) is 6.63. The van der Waals surface area contributed by atoms with Gasteiger partial charge < -0.3 is 5.73 Å². The van der Waals surface area contributed by atoms with E-state index >= 15 is 0 Å². The van der Waals surface area contributed by atoms with Crippen molar-refractivity contribution < 1.29 is 9.59 Å². The van der Waals surface area contributed by atoms with Crippen LogP contribution in [0.4, 0.5) is 11.5 Å². The van der Waals surface area contributed by atoms with Crippen LogP contribution in [0, 0.1) is 20.8 Å². The number of benzene rings is 1. The molecule has 1 aromatic heterocycles. The first-order chi connectivity index (χ1) is 9.91. The van der Waals surface area contributed by atoms with Crippen molar-refractivity contribution in [3.63, 3.8) is 0 Å². The largest absolute Gasteiger partial charge is 0.397 e. The van der Waals surface area contributed by atoms with Crippen molar-refractivity contribution >= 4 is 23.3 Å². The van der Waals surface area contributed by atoms with E-state index in [0.29, 0.717) is 28.2 Å². The van der Waals surface area contributed by atoms with Crippen molar-refractivity contribution in [1.29, 1.82) is 0 Å². The summed E-state index contributed by atoms with van der Waals surface area (Å²) in [7, 11) is 0. The van der Waals surface area contributed by atoms with Crippen molar-refractivity contribution in [2.24, 2.45) is 0 Å². The minimum Gasteiger partial charge on any atom is -0.397 e. The maximum Gasteiger partial charge on any atom is 0.267 e. The maximum absolute atomic E-state index is 12.7. The van der Waals surface area contributed by atoms with Crippen LogP contribution in [-0.4, -0.2) is 16.8 Å². The Balaban J connectivity index is 2.21. The number of carbonyl (C=O) groups is 2. The van der Waals surface area contributed by atoms with Crippen LogP contribution >= 0.6 is 0 Å². The maximum atomic E-state index is 12.7. The zero-order chi connectivity index (χ0) is 15.3. The molecule has 0 atom stereocenters. The molecule has 106 valence electrons. The predicted octanol–water partition coefficient (Wildman–Crippen LogP) is 2.39. The molecule has 0 fully saturated rings. The van der Waals surface area contributed by atoms with E-state index in [-0.39, 0.29) is 11.8 Å². The molecule has 5 nitrogen and oxygen atoms in total. The number of rotatable bonds is 1. The number of fused-ring (bicyclic) bond motifs is 1. The molecule has 0 saturated carbocycles. The summed E-state index contributed by atoms with van der Waals surface area (Å²) in [6, 6.07) is 5.41. The molecular weight excluding hydrogens is 266 g/mol. The summed E-state index contributed by atoms with van der Waals surface area (Å²) in [6.07, 6.45) is 1.45. The van der Waals surface area contributed by atoms with Crippen LogP contribution in [-0.2, 0) is 0 Å². The van der Waals surface area contributed by atoms with Crippen molar-refractivity contribution in [2.45, 2.75) is 20.8 Å². The van der Waals surface area contributed by atoms with Gasteiger partial charge in [-0.15, -0.1) is 0 Å². The molecule has 5 heteroatoms. The molecule has 1 aliphatic rings. The molecule has 2 amide bonds. The topological polar surface area (TPSA) is 76.3 Å². The van der Waals surface area contributed by atoms with E-state index in [1.165, 1.54) is 6.20 Å². The molecule has 2 aromatic rings. The molecular formula is C16H15N3O2. The number of aromatic nitrogens is 1. The van der Waals surface area contributed by atoms with Gasteiger partial charge in [0.05, 0.1) is 23.0 Å². The molecule has 0 spiro atoms. The van der Waals surface area contributed by atoms with Crippen molar-refractivity contribution in [2.75, 3.05) is 10.6 Å². The zero-order valence-electron chi connectivity index (χ0n) is 12.1. The highest BCUT2D eigenvalue weighted by Crippen LogP contribution is 2.33. The second-order valence-corrected chi connectivity index (χ2v) is 5.30. The fourth-order valence-corrected chi connectivity index (χ4v) is 2.69. The third-order valence-corrected chi connectivity index (χ3v) is 3.74. The first kappa shape index (κ1) is 13.3. The van der Waals surface area contributed by atoms with Gasteiger partial charge in [-0.05, 0) is 43.5 Å². The molecule has 2 heterocycles. The van der Waals surface area contributed by atoms with Gasteiger partial charge in [0, 0.05) is 0 Å². The molecule has 21 heavy (non-hydrogen) atoms. The predicted molar refractivity (Wildman–Crippen MR) is 80.4 cm³/mol. The first-order valence-electron chi connectivity index (χ1n) is 6.63. The number of amides is 2. The highest BCUT2D eigenvalue weighted by atomic mass is 16.2. The summed E-state index contributed by atoms with van der Waals surface area (Å²) in [5, 5.41) is 0. The summed E-state index contributed by atoms with van der Waals surface area (Å²) < 4.78 is 0. The normalized spacial score (nSPS) is 13.8. The number of nitrogen functional groups attached to an aromatic ring is 1. The van der Waals surface area contributed by atoms with Crippen LogP contribution in [0.3, 0.4) is 0 Å². The molecule has 1 aliphatic heterocycles. The lowest BCUT2D eigenvalue weighted by molar-refractivity contribution is 0.0924. The average Bonchev–Trinajstić information content (AvgIpc) is 2.68. The van der Waals surface area contributed by atoms with Gasteiger partial charge in [0.15, 0.2) is 0 Å². The summed E-state index contributed by atoms with van der Waals surface area (Å²) in [5.41, 5.74) is 9.40. The smallest absolute Gasteiger partial charge is 0.267 e. The van der Waals surface area contributed by atoms with Gasteiger partial charge in [0.25, 0.3) is 11.8 Å². The monoisotopic (exact) mass is 281 g/mol. The van der Waals surface area contributed by atoms with Crippen LogP contribution in [0.2, 0.25) is 0 Å². The Hall–Kier alpha value is -2.69. The van der Waals surface area contributed by atoms with Crippen LogP contribution in [0.15, 0.2) is 24.4 Å². The summed E-state index contributed by atoms with van der Waals surface area (Å²) in [4.78, 5) is 30.6. The van der Waals surface area contributed by atoms with Crippen LogP contribution in [0.25, 0.3) is 0 Å². The summed E-state index contributed by atoms with van der Waals surface area (Å²) in [5.74, 6) is -0.303. The Morgan fingerprint density at radius 3 is 1.95 bits per heavy atom. The molecule has 0 aliphatic carbocycles. The van der Waals surface area contributed by atoms with Gasteiger partial charge in [-0.1, -0.05) is 12.1 Å². The minimum atomic E-state index is -0.323. The molecule has 2 N–H and O–H groups in total. The second kappa shape index (κ2) is 4.41. The Bertz CT molecular complexity index is 755. The highest BCUT2D eigenvalue weighted by Gasteiger charge is 2.40. The van der Waals surface area contributed by atoms with E-state index < -0.39 is 0 Å². The number of hydrogen-bond donors (Lipinski definition) is 1. The number of anilines is 2. The Kier molecular flexibility index (Phi) is 2.79. The fourth-order valence-electron chi connectivity index (χ4n) is 2.69. The van der Waals surface area contributed by atoms with Crippen LogP contribution in [0.1, 0.15) is 37.4 Å². The van der Waals surface area contributed by atoms with E-state index in [2.05, 4.69) is 4.98 Å². The third-order valence-electron chi connectivity index (χ3n) is 3.74. The molecule has 1 aromatic carbocycles. The molecule has 0 radical (unpaired) electrons. The van der Waals surface area contributed by atoms with E-state index in [4.69, 9.17) is 5.73 Å². The number of nitrogens with zero attached hydrogens (tertiary/aromatic N) is 2. The van der Waals surface area contributed by atoms with Gasteiger partial charge >= 0.3 is 0 Å². The second-order valence-electron chi connectivity index (χ2n) is 5.30. The number of carbonyl (C=O) groups excluding carboxylic acids is 2. The average molecular weight is 281 g/mol. The highest BCUT2D eigenvalue weighted by molar-refractivity contribution is 6.35. The zero-order valence-corrected chi connectivity index (χ0v) is 12.1. The minimum absolute atomic E-state index is 0.323. The Morgan fingerprint density at radius 1 is 0.952 bits per heavy atom. The number of pyridine rings is 1. The standard InChI is InChI=1S/C16H15N3O2/c1-8-4-5-9(2)13-12(8)15(20)19(16(13)21)14-10(3)6-11(17)7-18-14/h4-7H,17H2,1-3H3. The van der Waals surface area contributed by atoms with Gasteiger partial charge in [-0.3, -0.25) is 9.59 Å². The van der Waals surface area contributed by atoms with E-state index in [0.717, 1.165) is 16.0 Å². The van der Waals surface area contributed by atoms with Crippen LogP contribution in [0.5, 0.6) is 0 Å². The van der Waals surface area contributed by atoms with Gasteiger partial charge in [-0.25, -0.2) is 9.88 Å². The summed E-state index contributed by atoms with van der Waals surface area (Å²) >= 11 is 0. The van der Waals surface area contributed by atoms with E-state index in [9.17, 15) is 9.59 Å². The molecule has 3 rings (SSSR count). The van der Waals surface area contributed by atoms with Crippen LogP contribution < -0.4 is 10.6 Å². The molecule has 0 bridgehead atoms. The van der Waals surface area contributed by atoms with Gasteiger partial charge in [0.2, 0.25) is 0 Å². The lowest BCUT2D eigenvalue weighted by Crippen LogP contribution is -2.31. The fraction of sp³-hybridized carbons (Fsp3) is 0.188. The van der Waals surface area contributed by atoms with E-state index in [1.54, 1.807) is 13.0 Å². The third kappa shape index (κ3) is 1.81. The molecule has 0 saturated heterocycles. The van der Waals surface area contributed by atoms with Crippen molar-refractivity contribution in [3.05, 3.63) is 52.2 Å².